The number of benzene rings is 1. The summed E-state index contributed by atoms with van der Waals surface area (Å²) in [5.41, 5.74) is -0.292. The molecule has 1 atom stereocenters. The number of aliphatic hydroxyl groups excluding tert-OH is 1. The minimum Gasteiger partial charge on any atom is -0.396 e. The highest BCUT2D eigenvalue weighted by Gasteiger charge is 2.16. The smallest absolute Gasteiger partial charge is 0.254 e. The van der Waals surface area contributed by atoms with Crippen LogP contribution in [-0.4, -0.2) is 24.2 Å². The lowest BCUT2D eigenvalue weighted by molar-refractivity contribution is 0.0938. The molecule has 0 spiro atoms. The first-order valence-electron chi connectivity index (χ1n) is 6.43. The van der Waals surface area contributed by atoms with Gasteiger partial charge in [-0.1, -0.05) is 19.4 Å². The molecule has 1 rings (SSSR count). The van der Waals surface area contributed by atoms with Crippen LogP contribution < -0.4 is 5.32 Å². The normalized spacial score (nSPS) is 12.2. The van der Waals surface area contributed by atoms with Crippen molar-refractivity contribution in [1.29, 1.82) is 0 Å². The number of carbonyl (C=O) groups is 1. The van der Waals surface area contributed by atoms with E-state index in [9.17, 15) is 13.6 Å². The van der Waals surface area contributed by atoms with Crippen LogP contribution in [0, 0.1) is 17.6 Å². The summed E-state index contributed by atoms with van der Waals surface area (Å²) in [5, 5.41) is 11.5. The van der Waals surface area contributed by atoms with Gasteiger partial charge in [-0.25, -0.2) is 8.78 Å². The van der Waals surface area contributed by atoms with Crippen LogP contribution >= 0.6 is 0 Å². The predicted octanol–water partition coefficient (Wildman–Crippen LogP) is 2.49. The van der Waals surface area contributed by atoms with Crippen molar-refractivity contribution in [2.45, 2.75) is 26.2 Å². The van der Waals surface area contributed by atoms with E-state index in [0.717, 1.165) is 18.9 Å². The highest BCUT2D eigenvalue weighted by atomic mass is 19.2. The molecule has 19 heavy (non-hydrogen) atoms. The van der Waals surface area contributed by atoms with Crippen molar-refractivity contribution in [2.75, 3.05) is 13.2 Å². The molecule has 0 fully saturated rings. The molecule has 0 saturated heterocycles. The maximum absolute atomic E-state index is 13.4. The molecule has 106 valence electrons. The summed E-state index contributed by atoms with van der Waals surface area (Å²) in [7, 11) is 0. The molecule has 2 N–H and O–H groups in total. The fourth-order valence-electron chi connectivity index (χ4n) is 1.95. The molecule has 0 heterocycles. The van der Waals surface area contributed by atoms with Gasteiger partial charge in [0.15, 0.2) is 11.6 Å². The molecule has 1 unspecified atom stereocenters. The van der Waals surface area contributed by atoms with Crippen molar-refractivity contribution in [2.24, 2.45) is 5.92 Å². The Hall–Kier alpha value is -1.49. The van der Waals surface area contributed by atoms with Crippen LogP contribution in [0.4, 0.5) is 8.78 Å². The number of aliphatic hydroxyl groups is 1. The summed E-state index contributed by atoms with van der Waals surface area (Å²) in [5.74, 6) is -2.64. The van der Waals surface area contributed by atoms with Crippen molar-refractivity contribution in [1.82, 2.24) is 5.32 Å². The molecule has 0 aliphatic heterocycles. The molecule has 1 aromatic carbocycles. The van der Waals surface area contributed by atoms with Gasteiger partial charge in [-0.2, -0.15) is 0 Å². The third kappa shape index (κ3) is 4.59. The highest BCUT2D eigenvalue weighted by molar-refractivity contribution is 5.94. The van der Waals surface area contributed by atoms with Crippen LogP contribution in [0.1, 0.15) is 36.5 Å². The van der Waals surface area contributed by atoms with E-state index < -0.39 is 17.5 Å². The molecule has 0 saturated carbocycles. The Kier molecular flexibility index (Phi) is 6.42. The first-order chi connectivity index (χ1) is 9.10. The van der Waals surface area contributed by atoms with E-state index in [1.165, 1.54) is 12.1 Å². The second-order valence-corrected chi connectivity index (χ2v) is 4.48. The van der Waals surface area contributed by atoms with E-state index in [1.807, 2.05) is 6.92 Å². The highest BCUT2D eigenvalue weighted by Crippen LogP contribution is 2.13. The number of amides is 1. The van der Waals surface area contributed by atoms with Gasteiger partial charge in [-0.3, -0.25) is 4.79 Å². The van der Waals surface area contributed by atoms with E-state index in [0.29, 0.717) is 13.0 Å². The first-order valence-corrected chi connectivity index (χ1v) is 6.43. The van der Waals surface area contributed by atoms with Crippen molar-refractivity contribution in [3.8, 4) is 0 Å². The van der Waals surface area contributed by atoms with E-state index in [-0.39, 0.29) is 18.1 Å². The Bertz CT molecular complexity index is 418. The van der Waals surface area contributed by atoms with Gasteiger partial charge in [0.25, 0.3) is 5.91 Å². The predicted molar refractivity (Wildman–Crippen MR) is 68.8 cm³/mol. The van der Waals surface area contributed by atoms with Gasteiger partial charge in [0.2, 0.25) is 0 Å². The lowest BCUT2D eigenvalue weighted by atomic mass is 10.00. The summed E-state index contributed by atoms with van der Waals surface area (Å²) in [6.45, 7) is 2.41. The van der Waals surface area contributed by atoms with Gasteiger partial charge in [-0.05, 0) is 30.9 Å². The van der Waals surface area contributed by atoms with Gasteiger partial charge in [-0.15, -0.1) is 0 Å². The molecule has 0 radical (unpaired) electrons. The van der Waals surface area contributed by atoms with Crippen molar-refractivity contribution in [3.05, 3.63) is 35.4 Å². The van der Waals surface area contributed by atoms with Crippen molar-refractivity contribution in [3.63, 3.8) is 0 Å². The Morgan fingerprint density at radius 3 is 2.74 bits per heavy atom. The average Bonchev–Trinajstić information content (AvgIpc) is 2.39. The van der Waals surface area contributed by atoms with Gasteiger partial charge in [0.1, 0.15) is 0 Å². The molecule has 0 aromatic heterocycles. The van der Waals surface area contributed by atoms with Gasteiger partial charge >= 0.3 is 0 Å². The van der Waals surface area contributed by atoms with Gasteiger partial charge in [0, 0.05) is 13.2 Å². The lowest BCUT2D eigenvalue weighted by Crippen LogP contribution is -2.30. The summed E-state index contributed by atoms with van der Waals surface area (Å²) in [6, 6.07) is 3.51. The third-order valence-electron chi connectivity index (χ3n) is 2.98. The monoisotopic (exact) mass is 271 g/mol. The zero-order chi connectivity index (χ0) is 14.3. The number of halogens is 2. The van der Waals surface area contributed by atoms with Crippen LogP contribution in [0.5, 0.6) is 0 Å². The van der Waals surface area contributed by atoms with Crippen LogP contribution in [0.15, 0.2) is 18.2 Å². The molecule has 0 aliphatic rings. The largest absolute Gasteiger partial charge is 0.396 e. The lowest BCUT2D eigenvalue weighted by Gasteiger charge is -2.15. The van der Waals surface area contributed by atoms with Gasteiger partial charge < -0.3 is 10.4 Å². The number of hydrogen-bond acceptors (Lipinski definition) is 2. The molecular formula is C14H19F2NO2. The number of rotatable bonds is 7. The minimum atomic E-state index is -1.13. The van der Waals surface area contributed by atoms with Crippen molar-refractivity contribution < 1.29 is 18.7 Å². The Morgan fingerprint density at radius 2 is 2.11 bits per heavy atom. The van der Waals surface area contributed by atoms with Gasteiger partial charge in [0.05, 0.1) is 5.56 Å². The molecule has 1 amide bonds. The van der Waals surface area contributed by atoms with Crippen molar-refractivity contribution >= 4 is 5.91 Å². The van der Waals surface area contributed by atoms with Crippen LogP contribution in [0.2, 0.25) is 0 Å². The summed E-state index contributed by atoms with van der Waals surface area (Å²) >= 11 is 0. The maximum atomic E-state index is 13.4. The van der Waals surface area contributed by atoms with Crippen LogP contribution in [-0.2, 0) is 0 Å². The molecule has 1 aromatic rings. The Labute approximate surface area is 111 Å². The first kappa shape index (κ1) is 15.6. The van der Waals surface area contributed by atoms with E-state index in [1.54, 1.807) is 0 Å². The summed E-state index contributed by atoms with van der Waals surface area (Å²) in [4.78, 5) is 11.8. The maximum Gasteiger partial charge on any atom is 0.254 e. The second kappa shape index (κ2) is 7.84. The van der Waals surface area contributed by atoms with Crippen LogP contribution in [0.25, 0.3) is 0 Å². The minimum absolute atomic E-state index is 0.0505. The second-order valence-electron chi connectivity index (χ2n) is 4.48. The fraction of sp³-hybridized carbons (Fsp3) is 0.500. The SMILES string of the molecule is CCCC(CCO)CNC(=O)c1cccc(F)c1F. The molecule has 5 heteroatoms. The number of nitrogens with one attached hydrogen (secondary N) is 1. The van der Waals surface area contributed by atoms with E-state index in [4.69, 9.17) is 5.11 Å². The topological polar surface area (TPSA) is 49.3 Å². The van der Waals surface area contributed by atoms with Crippen LogP contribution in [0.3, 0.4) is 0 Å². The van der Waals surface area contributed by atoms with E-state index in [2.05, 4.69) is 5.32 Å². The fourth-order valence-corrected chi connectivity index (χ4v) is 1.95. The van der Waals surface area contributed by atoms with E-state index >= 15 is 0 Å². The quantitative estimate of drug-likeness (QED) is 0.800. The number of hydrogen-bond donors (Lipinski definition) is 2. The summed E-state index contributed by atoms with van der Waals surface area (Å²) < 4.78 is 26.4. The zero-order valence-corrected chi connectivity index (χ0v) is 11.0. The third-order valence-corrected chi connectivity index (χ3v) is 2.98. The Balaban J connectivity index is 2.61. The molecule has 0 bridgehead atoms. The molecule has 0 aliphatic carbocycles. The number of carbonyl (C=O) groups excluding carboxylic acids is 1. The standard InChI is InChI=1S/C14H19F2NO2/c1-2-4-10(7-8-18)9-17-14(19)11-5-3-6-12(15)13(11)16/h3,5-6,10,18H,2,4,7-9H2,1H3,(H,17,19). The molecular weight excluding hydrogens is 252 g/mol. The molecule has 3 nitrogen and oxygen atoms in total. The summed E-state index contributed by atoms with van der Waals surface area (Å²) in [6.07, 6.45) is 2.39. The Morgan fingerprint density at radius 1 is 1.37 bits per heavy atom. The average molecular weight is 271 g/mol. The zero-order valence-electron chi connectivity index (χ0n) is 11.0.